The van der Waals surface area contributed by atoms with E-state index in [2.05, 4.69) is 14.8 Å². The molecule has 7 nitrogen and oxygen atoms in total. The van der Waals surface area contributed by atoms with Crippen LogP contribution in [0.15, 0.2) is 29.3 Å². The summed E-state index contributed by atoms with van der Waals surface area (Å²) in [5.41, 5.74) is 0.782. The second-order valence-corrected chi connectivity index (χ2v) is 7.49. The smallest absolute Gasteiger partial charge is 0.281 e. The Bertz CT molecular complexity index is 960. The van der Waals surface area contributed by atoms with Crippen LogP contribution in [0.3, 0.4) is 0 Å². The van der Waals surface area contributed by atoms with E-state index in [0.717, 1.165) is 11.4 Å². The zero-order valence-corrected chi connectivity index (χ0v) is 14.5. The molecule has 0 spiro atoms. The maximum atomic E-state index is 12.8. The standard InChI is InChI=1S/C14H16N4O3S2/c1-4-12-16-18-13(9(2)15-14(18)22-12)23(19,20)17-10-7-5-6-8-11(10)21-3/h5-8,17H,4H2,1-3H3. The van der Waals surface area contributed by atoms with Crippen LogP contribution in [-0.4, -0.2) is 30.1 Å². The van der Waals surface area contributed by atoms with E-state index >= 15 is 0 Å². The topological polar surface area (TPSA) is 85.6 Å². The number of nitrogens with zero attached hydrogens (tertiary/aromatic N) is 3. The molecular formula is C14H16N4O3S2. The molecule has 0 fully saturated rings. The average molecular weight is 352 g/mol. The van der Waals surface area contributed by atoms with Gasteiger partial charge in [-0.05, 0) is 25.5 Å². The molecule has 0 aliphatic carbocycles. The van der Waals surface area contributed by atoms with Gasteiger partial charge >= 0.3 is 0 Å². The molecule has 122 valence electrons. The van der Waals surface area contributed by atoms with E-state index in [4.69, 9.17) is 4.74 Å². The number of ether oxygens (including phenoxy) is 1. The molecule has 0 saturated carbocycles. The zero-order chi connectivity index (χ0) is 16.6. The number of anilines is 1. The van der Waals surface area contributed by atoms with Gasteiger partial charge in [-0.3, -0.25) is 4.72 Å². The minimum atomic E-state index is -3.84. The van der Waals surface area contributed by atoms with E-state index in [-0.39, 0.29) is 5.03 Å². The Labute approximate surface area is 138 Å². The molecule has 0 radical (unpaired) electrons. The third-order valence-corrected chi connectivity index (χ3v) is 5.79. The van der Waals surface area contributed by atoms with Crippen LogP contribution in [0.25, 0.3) is 4.96 Å². The number of imidazole rings is 1. The Balaban J connectivity index is 2.09. The van der Waals surface area contributed by atoms with Gasteiger partial charge in [0.25, 0.3) is 10.0 Å². The van der Waals surface area contributed by atoms with E-state index < -0.39 is 10.0 Å². The second-order valence-electron chi connectivity index (χ2n) is 4.85. The van der Waals surface area contributed by atoms with Crippen molar-refractivity contribution in [2.45, 2.75) is 25.3 Å². The first-order valence-electron chi connectivity index (χ1n) is 6.97. The highest BCUT2D eigenvalue weighted by molar-refractivity contribution is 7.92. The van der Waals surface area contributed by atoms with Crippen LogP contribution in [0.1, 0.15) is 17.6 Å². The summed E-state index contributed by atoms with van der Waals surface area (Å²) in [7, 11) is -2.35. The molecule has 0 aliphatic rings. The van der Waals surface area contributed by atoms with Crippen molar-refractivity contribution < 1.29 is 13.2 Å². The minimum Gasteiger partial charge on any atom is -0.495 e. The summed E-state index contributed by atoms with van der Waals surface area (Å²) >= 11 is 1.39. The van der Waals surface area contributed by atoms with E-state index in [1.54, 1.807) is 31.2 Å². The van der Waals surface area contributed by atoms with Gasteiger partial charge < -0.3 is 4.74 Å². The lowest BCUT2D eigenvalue weighted by Crippen LogP contribution is -2.17. The number of aryl methyl sites for hydroxylation is 2. The van der Waals surface area contributed by atoms with Crippen molar-refractivity contribution >= 4 is 32.0 Å². The van der Waals surface area contributed by atoms with Crippen LogP contribution in [0, 0.1) is 6.92 Å². The van der Waals surface area contributed by atoms with Gasteiger partial charge in [0.15, 0.2) is 0 Å². The number of rotatable bonds is 5. The van der Waals surface area contributed by atoms with Crippen molar-refractivity contribution in [3.05, 3.63) is 35.0 Å². The first-order valence-corrected chi connectivity index (χ1v) is 9.27. The van der Waals surface area contributed by atoms with Gasteiger partial charge in [-0.2, -0.15) is 18.0 Å². The van der Waals surface area contributed by atoms with Crippen molar-refractivity contribution in [1.82, 2.24) is 14.6 Å². The quantitative estimate of drug-likeness (QED) is 0.762. The summed E-state index contributed by atoms with van der Waals surface area (Å²) < 4.78 is 34.7. The van der Waals surface area contributed by atoms with Gasteiger partial charge in [-0.1, -0.05) is 30.4 Å². The molecular weight excluding hydrogens is 336 g/mol. The predicted octanol–water partition coefficient (Wildman–Crippen LogP) is 2.47. The number of sulfonamides is 1. The molecule has 1 aromatic carbocycles. The molecule has 0 bridgehead atoms. The SMILES string of the molecule is CCc1nn2c(S(=O)(=O)Nc3ccccc3OC)c(C)nc2s1. The molecule has 0 unspecified atom stereocenters. The molecule has 0 atom stereocenters. The highest BCUT2D eigenvalue weighted by Crippen LogP contribution is 2.28. The maximum Gasteiger partial charge on any atom is 0.281 e. The van der Waals surface area contributed by atoms with Crippen molar-refractivity contribution in [2.75, 3.05) is 11.8 Å². The van der Waals surface area contributed by atoms with E-state index in [1.807, 2.05) is 6.92 Å². The summed E-state index contributed by atoms with van der Waals surface area (Å²) in [5.74, 6) is 0.446. The Morgan fingerprint density at radius 1 is 1.35 bits per heavy atom. The summed E-state index contributed by atoms with van der Waals surface area (Å²) in [4.78, 5) is 4.87. The van der Waals surface area contributed by atoms with Crippen LogP contribution in [0.5, 0.6) is 5.75 Å². The van der Waals surface area contributed by atoms with Gasteiger partial charge in [-0.25, -0.2) is 4.98 Å². The first kappa shape index (κ1) is 15.8. The van der Waals surface area contributed by atoms with Crippen LogP contribution in [0.2, 0.25) is 0 Å². The Hall–Kier alpha value is -2.13. The monoisotopic (exact) mass is 352 g/mol. The number of hydrogen-bond donors (Lipinski definition) is 1. The third kappa shape index (κ3) is 2.77. The van der Waals surface area contributed by atoms with Gasteiger partial charge in [-0.15, -0.1) is 0 Å². The van der Waals surface area contributed by atoms with Crippen molar-refractivity contribution in [2.24, 2.45) is 0 Å². The number of methoxy groups -OCH3 is 1. The largest absolute Gasteiger partial charge is 0.495 e. The molecule has 2 heterocycles. The van der Waals surface area contributed by atoms with E-state index in [9.17, 15) is 8.42 Å². The van der Waals surface area contributed by atoms with Gasteiger partial charge in [0.2, 0.25) is 9.99 Å². The van der Waals surface area contributed by atoms with Crippen molar-refractivity contribution in [1.29, 1.82) is 0 Å². The van der Waals surface area contributed by atoms with Crippen LogP contribution >= 0.6 is 11.3 Å². The lowest BCUT2D eigenvalue weighted by molar-refractivity contribution is 0.417. The van der Waals surface area contributed by atoms with Gasteiger partial charge in [0.05, 0.1) is 18.5 Å². The first-order chi connectivity index (χ1) is 11.0. The molecule has 1 N–H and O–H groups in total. The molecule has 9 heteroatoms. The number of fused-ring (bicyclic) bond motifs is 1. The second kappa shape index (κ2) is 5.82. The van der Waals surface area contributed by atoms with Gasteiger partial charge in [0.1, 0.15) is 10.8 Å². The Kier molecular flexibility index (Phi) is 3.99. The summed E-state index contributed by atoms with van der Waals surface area (Å²) in [6, 6.07) is 6.83. The lowest BCUT2D eigenvalue weighted by atomic mass is 10.3. The summed E-state index contributed by atoms with van der Waals surface area (Å²) in [6.07, 6.45) is 0.729. The van der Waals surface area contributed by atoms with Gasteiger partial charge in [0, 0.05) is 0 Å². The van der Waals surface area contributed by atoms with Crippen LogP contribution in [0.4, 0.5) is 5.69 Å². The average Bonchev–Trinajstić information content (AvgIpc) is 3.03. The van der Waals surface area contributed by atoms with Crippen LogP contribution in [-0.2, 0) is 16.4 Å². The number of benzene rings is 1. The van der Waals surface area contributed by atoms with Crippen molar-refractivity contribution in [3.63, 3.8) is 0 Å². The number of hydrogen-bond acceptors (Lipinski definition) is 6. The van der Waals surface area contributed by atoms with Crippen molar-refractivity contribution in [3.8, 4) is 5.75 Å². The molecule has 3 aromatic rings. The normalized spacial score (nSPS) is 11.8. The summed E-state index contributed by atoms with van der Waals surface area (Å²) in [6.45, 7) is 3.62. The fourth-order valence-electron chi connectivity index (χ4n) is 2.24. The third-order valence-electron chi connectivity index (χ3n) is 3.28. The molecule has 3 rings (SSSR count). The Morgan fingerprint density at radius 2 is 2.09 bits per heavy atom. The molecule has 0 aliphatic heterocycles. The summed E-state index contributed by atoms with van der Waals surface area (Å²) in [5, 5.41) is 5.21. The number of nitrogens with one attached hydrogen (secondary N) is 1. The fraction of sp³-hybridized carbons (Fsp3) is 0.286. The molecule has 23 heavy (non-hydrogen) atoms. The Morgan fingerprint density at radius 3 is 2.78 bits per heavy atom. The predicted molar refractivity (Wildman–Crippen MR) is 88.8 cm³/mol. The molecule has 0 amide bonds. The lowest BCUT2D eigenvalue weighted by Gasteiger charge is -2.11. The maximum absolute atomic E-state index is 12.8. The van der Waals surface area contributed by atoms with Crippen LogP contribution < -0.4 is 9.46 Å². The number of aromatic nitrogens is 3. The van der Waals surface area contributed by atoms with E-state index in [1.165, 1.54) is 23.0 Å². The van der Waals surface area contributed by atoms with E-state index in [0.29, 0.717) is 22.1 Å². The highest BCUT2D eigenvalue weighted by atomic mass is 32.2. The molecule has 0 saturated heterocycles. The zero-order valence-electron chi connectivity index (χ0n) is 12.9. The highest BCUT2D eigenvalue weighted by Gasteiger charge is 2.26. The number of para-hydroxylation sites is 2. The fourth-order valence-corrected chi connectivity index (χ4v) is 4.52. The molecule has 2 aromatic heterocycles. The minimum absolute atomic E-state index is 0.0503.